The molecular weight excluding hydrogens is 238 g/mol. The van der Waals surface area contributed by atoms with E-state index in [0.29, 0.717) is 5.56 Å². The number of likely N-dealkylation sites (tertiary alicyclic amines) is 1. The van der Waals surface area contributed by atoms with Crippen LogP contribution in [-0.2, 0) is 0 Å². The monoisotopic (exact) mass is 261 g/mol. The zero-order valence-corrected chi connectivity index (χ0v) is 12.0. The molecule has 1 aromatic heterocycles. The van der Waals surface area contributed by atoms with Gasteiger partial charge in [-0.3, -0.25) is 9.78 Å². The predicted octanol–water partition coefficient (Wildman–Crippen LogP) is 2.04. The first-order valence-electron chi connectivity index (χ1n) is 7.01. The Balaban J connectivity index is 2.26. The molecule has 1 aromatic rings. The Bertz CT molecular complexity index is 470. The summed E-state index contributed by atoms with van der Waals surface area (Å²) in [5.41, 5.74) is 8.48. The molecule has 4 nitrogen and oxygen atoms in total. The Morgan fingerprint density at radius 2 is 2.16 bits per heavy atom. The van der Waals surface area contributed by atoms with Crippen LogP contribution in [0.25, 0.3) is 0 Å². The lowest BCUT2D eigenvalue weighted by molar-refractivity contribution is 0.0582. The summed E-state index contributed by atoms with van der Waals surface area (Å²) in [6.07, 6.45) is 3.22. The van der Waals surface area contributed by atoms with Gasteiger partial charge in [-0.1, -0.05) is 0 Å². The largest absolute Gasteiger partial charge is 0.334 e. The van der Waals surface area contributed by atoms with Crippen molar-refractivity contribution in [2.24, 2.45) is 5.73 Å². The van der Waals surface area contributed by atoms with Crippen molar-refractivity contribution in [3.8, 4) is 0 Å². The second kappa shape index (κ2) is 5.70. The molecule has 4 heteroatoms. The van der Waals surface area contributed by atoms with Crippen LogP contribution in [0.5, 0.6) is 0 Å². The Morgan fingerprint density at radius 1 is 1.42 bits per heavy atom. The molecule has 0 saturated carbocycles. The average molecular weight is 261 g/mol. The number of aryl methyl sites for hydroxylation is 2. The van der Waals surface area contributed by atoms with Gasteiger partial charge < -0.3 is 10.6 Å². The standard InChI is InChI=1S/C15H23N3O/c1-10-7-8-13(12(3)17-10)15(19)18-9-5-4-6-14(18)11(2)16/h7-8,11,14H,4-6,9,16H2,1-3H3. The minimum Gasteiger partial charge on any atom is -0.334 e. The second-order valence-electron chi connectivity index (χ2n) is 5.51. The Labute approximate surface area is 115 Å². The first-order valence-corrected chi connectivity index (χ1v) is 7.01. The SMILES string of the molecule is Cc1ccc(C(=O)N2CCCCC2C(C)N)c(C)n1. The maximum absolute atomic E-state index is 12.7. The van der Waals surface area contributed by atoms with Crippen LogP contribution < -0.4 is 5.73 Å². The quantitative estimate of drug-likeness (QED) is 0.886. The molecule has 2 heterocycles. The first kappa shape index (κ1) is 14.0. The Morgan fingerprint density at radius 3 is 2.79 bits per heavy atom. The van der Waals surface area contributed by atoms with Crippen LogP contribution in [-0.4, -0.2) is 34.4 Å². The molecule has 19 heavy (non-hydrogen) atoms. The number of amides is 1. The lowest BCUT2D eigenvalue weighted by Gasteiger charge is -2.38. The maximum atomic E-state index is 12.7. The third-order valence-electron chi connectivity index (χ3n) is 3.87. The van der Waals surface area contributed by atoms with E-state index in [1.165, 1.54) is 0 Å². The van der Waals surface area contributed by atoms with Crippen molar-refractivity contribution in [3.05, 3.63) is 29.1 Å². The normalized spacial score (nSPS) is 21.3. The van der Waals surface area contributed by atoms with Crippen LogP contribution in [0.1, 0.15) is 47.9 Å². The van der Waals surface area contributed by atoms with Crippen molar-refractivity contribution in [1.29, 1.82) is 0 Å². The van der Waals surface area contributed by atoms with Gasteiger partial charge in [-0.2, -0.15) is 0 Å². The third kappa shape index (κ3) is 2.95. The van der Waals surface area contributed by atoms with Gasteiger partial charge in [-0.25, -0.2) is 0 Å². The molecule has 2 rings (SSSR count). The molecule has 0 spiro atoms. The summed E-state index contributed by atoms with van der Waals surface area (Å²) >= 11 is 0. The molecule has 1 amide bonds. The Hall–Kier alpha value is -1.42. The highest BCUT2D eigenvalue weighted by Crippen LogP contribution is 2.22. The molecule has 1 fully saturated rings. The van der Waals surface area contributed by atoms with Crippen LogP contribution in [0, 0.1) is 13.8 Å². The molecule has 0 aliphatic carbocycles. The van der Waals surface area contributed by atoms with Gasteiger partial charge >= 0.3 is 0 Å². The first-order chi connectivity index (χ1) is 9.00. The Kier molecular flexibility index (Phi) is 4.20. The van der Waals surface area contributed by atoms with Crippen LogP contribution >= 0.6 is 0 Å². The van der Waals surface area contributed by atoms with Crippen molar-refractivity contribution in [2.45, 2.75) is 52.1 Å². The van der Waals surface area contributed by atoms with Crippen LogP contribution in [0.4, 0.5) is 0 Å². The average Bonchev–Trinajstić information content (AvgIpc) is 2.38. The van der Waals surface area contributed by atoms with Gasteiger partial charge in [0.2, 0.25) is 0 Å². The summed E-state index contributed by atoms with van der Waals surface area (Å²) in [4.78, 5) is 19.0. The van der Waals surface area contributed by atoms with E-state index in [2.05, 4.69) is 4.98 Å². The number of pyridine rings is 1. The van der Waals surface area contributed by atoms with E-state index >= 15 is 0 Å². The summed E-state index contributed by atoms with van der Waals surface area (Å²) in [7, 11) is 0. The van der Waals surface area contributed by atoms with E-state index in [9.17, 15) is 4.79 Å². The van der Waals surface area contributed by atoms with Crippen molar-refractivity contribution >= 4 is 5.91 Å². The van der Waals surface area contributed by atoms with E-state index in [0.717, 1.165) is 37.2 Å². The number of rotatable bonds is 2. The summed E-state index contributed by atoms with van der Waals surface area (Å²) in [5.74, 6) is 0.0759. The molecule has 1 aliphatic heterocycles. The fourth-order valence-electron chi connectivity index (χ4n) is 2.82. The number of aromatic nitrogens is 1. The number of carbonyl (C=O) groups excluding carboxylic acids is 1. The zero-order valence-electron chi connectivity index (χ0n) is 12.0. The fraction of sp³-hybridized carbons (Fsp3) is 0.600. The van der Waals surface area contributed by atoms with E-state index in [-0.39, 0.29) is 18.0 Å². The zero-order chi connectivity index (χ0) is 14.0. The molecule has 0 radical (unpaired) electrons. The number of carbonyl (C=O) groups is 1. The molecule has 1 aliphatic rings. The van der Waals surface area contributed by atoms with Gasteiger partial charge in [-0.05, 0) is 52.2 Å². The second-order valence-corrected chi connectivity index (χ2v) is 5.51. The molecule has 1 saturated heterocycles. The molecule has 2 unspecified atom stereocenters. The van der Waals surface area contributed by atoms with E-state index in [1.54, 1.807) is 0 Å². The number of piperidine rings is 1. The van der Waals surface area contributed by atoms with Crippen LogP contribution in [0.2, 0.25) is 0 Å². The highest BCUT2D eigenvalue weighted by molar-refractivity contribution is 5.95. The van der Waals surface area contributed by atoms with Gasteiger partial charge in [0.25, 0.3) is 5.91 Å². The van der Waals surface area contributed by atoms with Gasteiger partial charge in [0.05, 0.1) is 11.3 Å². The molecule has 2 atom stereocenters. The van der Waals surface area contributed by atoms with Crippen LogP contribution in [0.3, 0.4) is 0 Å². The van der Waals surface area contributed by atoms with Crippen LogP contribution in [0.15, 0.2) is 12.1 Å². The third-order valence-corrected chi connectivity index (χ3v) is 3.87. The van der Waals surface area contributed by atoms with Gasteiger partial charge in [0.1, 0.15) is 0 Å². The van der Waals surface area contributed by atoms with Crippen molar-refractivity contribution in [2.75, 3.05) is 6.54 Å². The fourth-order valence-corrected chi connectivity index (χ4v) is 2.82. The van der Waals surface area contributed by atoms with E-state index in [1.807, 2.05) is 37.8 Å². The van der Waals surface area contributed by atoms with Crippen molar-refractivity contribution in [3.63, 3.8) is 0 Å². The van der Waals surface area contributed by atoms with Gasteiger partial charge in [0.15, 0.2) is 0 Å². The number of hydrogen-bond acceptors (Lipinski definition) is 3. The van der Waals surface area contributed by atoms with Crippen molar-refractivity contribution in [1.82, 2.24) is 9.88 Å². The minimum atomic E-state index is 0.0166. The highest BCUT2D eigenvalue weighted by atomic mass is 16.2. The van der Waals surface area contributed by atoms with Gasteiger partial charge in [-0.15, -0.1) is 0 Å². The summed E-state index contributed by atoms with van der Waals surface area (Å²) in [6, 6.07) is 3.95. The van der Waals surface area contributed by atoms with E-state index < -0.39 is 0 Å². The molecule has 104 valence electrons. The topological polar surface area (TPSA) is 59.2 Å². The number of hydrogen-bond donors (Lipinski definition) is 1. The van der Waals surface area contributed by atoms with Gasteiger partial charge in [0, 0.05) is 24.3 Å². The number of nitrogens with two attached hydrogens (primary N) is 1. The van der Waals surface area contributed by atoms with E-state index in [4.69, 9.17) is 5.73 Å². The lowest BCUT2D eigenvalue weighted by atomic mass is 9.96. The minimum absolute atomic E-state index is 0.0166. The molecule has 0 bridgehead atoms. The maximum Gasteiger partial charge on any atom is 0.255 e. The predicted molar refractivity (Wildman–Crippen MR) is 76.0 cm³/mol. The molecule has 0 aromatic carbocycles. The van der Waals surface area contributed by atoms with Crippen molar-refractivity contribution < 1.29 is 4.79 Å². The summed E-state index contributed by atoms with van der Waals surface area (Å²) in [6.45, 7) is 6.62. The molecular formula is C15H23N3O. The number of nitrogens with zero attached hydrogens (tertiary/aromatic N) is 2. The summed E-state index contributed by atoms with van der Waals surface area (Å²) < 4.78 is 0. The molecule has 2 N–H and O–H groups in total. The smallest absolute Gasteiger partial charge is 0.255 e. The highest BCUT2D eigenvalue weighted by Gasteiger charge is 2.30. The lowest BCUT2D eigenvalue weighted by Crippen LogP contribution is -2.51. The summed E-state index contributed by atoms with van der Waals surface area (Å²) in [5, 5.41) is 0.